The quantitative estimate of drug-likeness (QED) is 0.546. The highest BCUT2D eigenvalue weighted by molar-refractivity contribution is 7.98. The number of pyridine rings is 1. The maximum atomic E-state index is 12.1. The van der Waals surface area contributed by atoms with E-state index in [4.69, 9.17) is 9.15 Å². The smallest absolute Gasteiger partial charge is 0.353 e. The lowest BCUT2D eigenvalue weighted by Gasteiger charge is -2.06. The van der Waals surface area contributed by atoms with Gasteiger partial charge in [0.05, 0.1) is 11.5 Å². The Bertz CT molecular complexity index is 897. The van der Waals surface area contributed by atoms with Crippen LogP contribution in [0.4, 0.5) is 0 Å². The molecule has 0 N–H and O–H groups in total. The number of hydrogen-bond donors (Lipinski definition) is 0. The number of carbonyl (C=O) groups is 1. The molecular weight excluding hydrogens is 292 g/mol. The second-order valence-corrected chi connectivity index (χ2v) is 5.03. The minimum Gasteiger partial charge on any atom is -0.462 e. The van der Waals surface area contributed by atoms with Gasteiger partial charge in [0.2, 0.25) is 0 Å². The topological polar surface area (TPSA) is 73.8 Å². The van der Waals surface area contributed by atoms with E-state index in [1.54, 1.807) is 29.8 Å². The number of carbonyl (C=O) groups excluding carboxylic acids is 1. The number of hydrogen-bond acceptors (Lipinski definition) is 6. The fourth-order valence-corrected chi connectivity index (χ4v) is 2.93. The average Bonchev–Trinajstić information content (AvgIpc) is 2.83. The molecule has 108 valence electrons. The van der Waals surface area contributed by atoms with Crippen molar-refractivity contribution in [2.24, 2.45) is 0 Å². The molecule has 3 rings (SSSR count). The minimum absolute atomic E-state index is 0.0810. The van der Waals surface area contributed by atoms with Gasteiger partial charge in [0.1, 0.15) is 11.2 Å². The molecule has 0 bridgehead atoms. The molecule has 0 fully saturated rings. The molecule has 0 saturated heterocycles. The lowest BCUT2D eigenvalue weighted by molar-refractivity contribution is 0.0517. The van der Waals surface area contributed by atoms with E-state index < -0.39 is 11.6 Å². The number of aromatic nitrogens is 2. The summed E-state index contributed by atoms with van der Waals surface area (Å²) in [6.45, 7) is 1.88. The van der Waals surface area contributed by atoms with Gasteiger partial charge in [-0.15, -0.1) is 11.8 Å². The SMILES string of the molecule is CCOC(=O)c1c(SC)c2c(nc3ccccn32)oc1=O. The summed E-state index contributed by atoms with van der Waals surface area (Å²) in [5.74, 6) is -0.677. The van der Waals surface area contributed by atoms with Gasteiger partial charge >= 0.3 is 11.6 Å². The molecule has 3 aromatic heterocycles. The summed E-state index contributed by atoms with van der Waals surface area (Å²) in [4.78, 5) is 28.9. The van der Waals surface area contributed by atoms with Crippen molar-refractivity contribution in [3.63, 3.8) is 0 Å². The molecule has 3 heterocycles. The van der Waals surface area contributed by atoms with Crippen LogP contribution < -0.4 is 5.63 Å². The molecule has 0 aromatic carbocycles. The van der Waals surface area contributed by atoms with Gasteiger partial charge in [-0.1, -0.05) is 6.07 Å². The normalized spacial score (nSPS) is 11.1. The summed E-state index contributed by atoms with van der Waals surface area (Å²) in [7, 11) is 0. The molecule has 0 amide bonds. The van der Waals surface area contributed by atoms with E-state index in [1.807, 2.05) is 12.1 Å². The van der Waals surface area contributed by atoms with Crippen molar-refractivity contribution >= 4 is 34.6 Å². The van der Waals surface area contributed by atoms with Gasteiger partial charge in [-0.25, -0.2) is 9.59 Å². The van der Waals surface area contributed by atoms with Crippen LogP contribution in [-0.4, -0.2) is 28.2 Å². The first-order valence-electron chi connectivity index (χ1n) is 6.32. The molecular formula is C14H12N2O4S. The summed E-state index contributed by atoms with van der Waals surface area (Å²) < 4.78 is 11.9. The molecule has 0 spiro atoms. The van der Waals surface area contributed by atoms with Gasteiger partial charge in [0.25, 0.3) is 5.71 Å². The third-order valence-electron chi connectivity index (χ3n) is 3.02. The Balaban J connectivity index is 2.44. The molecule has 0 aliphatic carbocycles. The largest absolute Gasteiger partial charge is 0.462 e. The van der Waals surface area contributed by atoms with E-state index in [9.17, 15) is 9.59 Å². The number of ether oxygens (including phenoxy) is 1. The van der Waals surface area contributed by atoms with Crippen molar-refractivity contribution in [1.29, 1.82) is 0 Å². The van der Waals surface area contributed by atoms with Gasteiger partial charge in [-0.05, 0) is 25.3 Å². The molecule has 0 radical (unpaired) electrons. The van der Waals surface area contributed by atoms with E-state index in [0.29, 0.717) is 16.1 Å². The zero-order chi connectivity index (χ0) is 15.0. The Kier molecular flexibility index (Phi) is 3.42. The van der Waals surface area contributed by atoms with Crippen LogP contribution in [0, 0.1) is 0 Å². The lowest BCUT2D eigenvalue weighted by Crippen LogP contribution is -2.18. The lowest BCUT2D eigenvalue weighted by atomic mass is 10.3. The van der Waals surface area contributed by atoms with Crippen LogP contribution in [0.15, 0.2) is 38.5 Å². The number of rotatable bonds is 3. The van der Waals surface area contributed by atoms with Gasteiger partial charge in [-0.2, -0.15) is 4.98 Å². The molecule has 0 atom stereocenters. The fraction of sp³-hybridized carbons (Fsp3) is 0.214. The molecule has 6 nitrogen and oxygen atoms in total. The van der Waals surface area contributed by atoms with E-state index in [2.05, 4.69) is 4.98 Å². The zero-order valence-electron chi connectivity index (χ0n) is 11.5. The first kappa shape index (κ1) is 13.7. The molecule has 0 aliphatic rings. The highest BCUT2D eigenvalue weighted by Gasteiger charge is 2.24. The first-order valence-corrected chi connectivity index (χ1v) is 7.54. The Morgan fingerprint density at radius 2 is 2.29 bits per heavy atom. The Morgan fingerprint density at radius 1 is 1.48 bits per heavy atom. The summed E-state index contributed by atoms with van der Waals surface area (Å²) in [6.07, 6.45) is 3.60. The number of fused-ring (bicyclic) bond motifs is 3. The van der Waals surface area contributed by atoms with Crippen molar-refractivity contribution < 1.29 is 13.9 Å². The Morgan fingerprint density at radius 3 is 3.00 bits per heavy atom. The highest BCUT2D eigenvalue weighted by atomic mass is 32.2. The van der Waals surface area contributed by atoms with E-state index >= 15 is 0 Å². The third-order valence-corrected chi connectivity index (χ3v) is 3.82. The predicted octanol–water partition coefficient (Wildman–Crippen LogP) is 2.34. The highest BCUT2D eigenvalue weighted by Crippen LogP contribution is 2.29. The maximum Gasteiger partial charge on any atom is 0.353 e. The Labute approximate surface area is 123 Å². The summed E-state index contributed by atoms with van der Waals surface area (Å²) >= 11 is 1.29. The molecule has 0 saturated carbocycles. The molecule has 0 aliphatic heterocycles. The molecule has 3 aromatic rings. The van der Waals surface area contributed by atoms with E-state index in [-0.39, 0.29) is 17.9 Å². The molecule has 0 unspecified atom stereocenters. The predicted molar refractivity (Wildman–Crippen MR) is 79.0 cm³/mol. The third kappa shape index (κ3) is 2.09. The van der Waals surface area contributed by atoms with Crippen LogP contribution in [0.5, 0.6) is 0 Å². The first-order chi connectivity index (χ1) is 10.2. The van der Waals surface area contributed by atoms with Crippen molar-refractivity contribution in [3.8, 4) is 0 Å². The van der Waals surface area contributed by atoms with Crippen LogP contribution in [0.2, 0.25) is 0 Å². The van der Waals surface area contributed by atoms with Crippen LogP contribution in [-0.2, 0) is 4.74 Å². The zero-order valence-corrected chi connectivity index (χ0v) is 12.3. The summed E-state index contributed by atoms with van der Waals surface area (Å²) in [6, 6.07) is 5.48. The van der Waals surface area contributed by atoms with E-state index in [1.165, 1.54) is 11.8 Å². The van der Waals surface area contributed by atoms with E-state index in [0.717, 1.165) is 0 Å². The molecule has 21 heavy (non-hydrogen) atoms. The summed E-state index contributed by atoms with van der Waals surface area (Å²) in [5.41, 5.74) is 0.646. The second kappa shape index (κ2) is 5.25. The number of esters is 1. The maximum absolute atomic E-state index is 12.1. The number of nitrogens with zero attached hydrogens (tertiary/aromatic N) is 2. The Hall–Kier alpha value is -2.28. The van der Waals surface area contributed by atoms with Crippen LogP contribution in [0.3, 0.4) is 0 Å². The summed E-state index contributed by atoms with van der Waals surface area (Å²) in [5, 5.41) is 0. The second-order valence-electron chi connectivity index (χ2n) is 4.21. The van der Waals surface area contributed by atoms with Crippen LogP contribution in [0.25, 0.3) is 16.9 Å². The van der Waals surface area contributed by atoms with Crippen molar-refractivity contribution in [3.05, 3.63) is 40.4 Å². The minimum atomic E-state index is -0.728. The monoisotopic (exact) mass is 304 g/mol. The van der Waals surface area contributed by atoms with Gasteiger partial charge in [0.15, 0.2) is 5.56 Å². The van der Waals surface area contributed by atoms with Crippen LogP contribution >= 0.6 is 11.8 Å². The van der Waals surface area contributed by atoms with Crippen LogP contribution in [0.1, 0.15) is 17.3 Å². The molecule has 7 heteroatoms. The van der Waals surface area contributed by atoms with Crippen molar-refractivity contribution in [2.45, 2.75) is 11.8 Å². The average molecular weight is 304 g/mol. The van der Waals surface area contributed by atoms with Crippen molar-refractivity contribution in [1.82, 2.24) is 9.38 Å². The number of thioether (sulfide) groups is 1. The van der Waals surface area contributed by atoms with Crippen molar-refractivity contribution in [2.75, 3.05) is 12.9 Å². The fourth-order valence-electron chi connectivity index (χ4n) is 2.18. The number of imidazole rings is 1. The van der Waals surface area contributed by atoms with Gasteiger partial charge < -0.3 is 9.15 Å². The van der Waals surface area contributed by atoms with Gasteiger partial charge in [-0.3, -0.25) is 4.40 Å². The standard InChI is InChI=1S/C14H12N2O4S/c1-3-19-13(17)9-11(21-2)10-12(20-14(9)18)15-8-6-4-5-7-16(8)10/h4-7H,3H2,1-2H3. The van der Waals surface area contributed by atoms with Gasteiger partial charge in [0, 0.05) is 6.20 Å².